The standard InChI is InChI=1S/C25H20N2O6/c1-13-5-7-17(10-15(13)3)27-23(29)20(22(28)26-25(27)32)12-18-8-9-21(33-18)19-11-16(24(30)31)6-4-14(19)2/h4-12H,1-3H3,(H,30,31)(H,26,28,32)/b20-12+. The molecule has 8 heteroatoms. The van der Waals surface area contributed by atoms with Crippen LogP contribution < -0.4 is 10.2 Å². The molecule has 8 nitrogen and oxygen atoms in total. The van der Waals surface area contributed by atoms with Crippen molar-refractivity contribution in [3.8, 4) is 11.3 Å². The lowest BCUT2D eigenvalue weighted by molar-refractivity contribution is -0.122. The number of carboxylic acids is 1. The Morgan fingerprint density at radius 2 is 1.67 bits per heavy atom. The van der Waals surface area contributed by atoms with E-state index in [2.05, 4.69) is 5.32 Å². The number of rotatable bonds is 4. The number of benzene rings is 2. The lowest BCUT2D eigenvalue weighted by Gasteiger charge is -2.26. The Hall–Kier alpha value is -4.46. The van der Waals surface area contributed by atoms with Crippen LogP contribution in [0.4, 0.5) is 10.5 Å². The number of urea groups is 1. The Bertz CT molecular complexity index is 1360. The smallest absolute Gasteiger partial charge is 0.335 e. The van der Waals surface area contributed by atoms with E-state index in [-0.39, 0.29) is 16.9 Å². The summed E-state index contributed by atoms with van der Waals surface area (Å²) < 4.78 is 5.78. The summed E-state index contributed by atoms with van der Waals surface area (Å²) >= 11 is 0. The molecule has 0 aliphatic carbocycles. The number of nitrogens with one attached hydrogen (secondary N) is 1. The highest BCUT2D eigenvalue weighted by Gasteiger charge is 2.37. The zero-order valence-electron chi connectivity index (χ0n) is 18.1. The number of nitrogens with zero attached hydrogens (tertiary/aromatic N) is 1. The minimum atomic E-state index is -1.06. The maximum atomic E-state index is 13.1. The number of barbiturate groups is 1. The topological polar surface area (TPSA) is 117 Å². The number of carbonyl (C=O) groups excluding carboxylic acids is 3. The van der Waals surface area contributed by atoms with Gasteiger partial charge in [0.25, 0.3) is 11.8 Å². The van der Waals surface area contributed by atoms with Crippen molar-refractivity contribution >= 4 is 35.6 Å². The lowest BCUT2D eigenvalue weighted by Crippen LogP contribution is -2.54. The average molecular weight is 444 g/mol. The first-order valence-corrected chi connectivity index (χ1v) is 10.1. The predicted octanol–water partition coefficient (Wildman–Crippen LogP) is 4.24. The number of hydrogen-bond donors (Lipinski definition) is 2. The van der Waals surface area contributed by atoms with E-state index < -0.39 is 23.8 Å². The molecule has 1 saturated heterocycles. The third-order valence-corrected chi connectivity index (χ3v) is 5.51. The quantitative estimate of drug-likeness (QED) is 0.459. The van der Waals surface area contributed by atoms with E-state index in [0.29, 0.717) is 17.0 Å². The fourth-order valence-corrected chi connectivity index (χ4v) is 3.49. The first-order valence-electron chi connectivity index (χ1n) is 10.1. The normalized spacial score (nSPS) is 15.2. The molecule has 0 spiro atoms. The fraction of sp³-hybridized carbons (Fsp3) is 0.120. The van der Waals surface area contributed by atoms with Gasteiger partial charge in [0.15, 0.2) is 0 Å². The van der Waals surface area contributed by atoms with E-state index in [4.69, 9.17) is 4.42 Å². The number of imide groups is 2. The van der Waals surface area contributed by atoms with Crippen LogP contribution in [0.15, 0.2) is 58.5 Å². The minimum Gasteiger partial charge on any atom is -0.478 e. The van der Waals surface area contributed by atoms with Gasteiger partial charge in [-0.3, -0.25) is 14.9 Å². The van der Waals surface area contributed by atoms with Crippen molar-refractivity contribution in [1.29, 1.82) is 0 Å². The van der Waals surface area contributed by atoms with Crippen molar-refractivity contribution in [3.63, 3.8) is 0 Å². The molecular weight excluding hydrogens is 424 g/mol. The van der Waals surface area contributed by atoms with Crippen LogP contribution in [0.2, 0.25) is 0 Å². The van der Waals surface area contributed by atoms with E-state index in [9.17, 15) is 24.3 Å². The molecule has 0 unspecified atom stereocenters. The van der Waals surface area contributed by atoms with Crippen molar-refractivity contribution in [3.05, 3.63) is 82.1 Å². The summed E-state index contributed by atoms with van der Waals surface area (Å²) in [5, 5.41) is 11.4. The van der Waals surface area contributed by atoms with Gasteiger partial charge in [0.2, 0.25) is 0 Å². The van der Waals surface area contributed by atoms with Crippen molar-refractivity contribution < 1.29 is 28.7 Å². The van der Waals surface area contributed by atoms with Gasteiger partial charge in [-0.25, -0.2) is 14.5 Å². The van der Waals surface area contributed by atoms with Gasteiger partial charge in [-0.15, -0.1) is 0 Å². The van der Waals surface area contributed by atoms with Gasteiger partial charge in [-0.2, -0.15) is 0 Å². The van der Waals surface area contributed by atoms with Crippen molar-refractivity contribution in [2.24, 2.45) is 0 Å². The van der Waals surface area contributed by atoms with Gasteiger partial charge in [-0.1, -0.05) is 12.1 Å². The Balaban J connectivity index is 1.70. The summed E-state index contributed by atoms with van der Waals surface area (Å²) in [5.74, 6) is -2.07. The third kappa shape index (κ3) is 4.06. The Kier molecular flexibility index (Phi) is 5.43. The monoisotopic (exact) mass is 444 g/mol. The zero-order chi connectivity index (χ0) is 23.9. The summed E-state index contributed by atoms with van der Waals surface area (Å²) in [5.41, 5.74) is 3.46. The highest BCUT2D eigenvalue weighted by Crippen LogP contribution is 2.29. The van der Waals surface area contributed by atoms with Crippen LogP contribution in [-0.4, -0.2) is 28.9 Å². The Morgan fingerprint density at radius 1 is 0.939 bits per heavy atom. The number of carboxylic acid groups (broad SMARTS) is 1. The molecule has 2 heterocycles. The summed E-state index contributed by atoms with van der Waals surface area (Å²) in [6.07, 6.45) is 1.26. The van der Waals surface area contributed by atoms with Crippen molar-refractivity contribution in [2.45, 2.75) is 20.8 Å². The molecule has 2 aromatic carbocycles. The number of aryl methyl sites for hydroxylation is 3. The maximum Gasteiger partial charge on any atom is 0.335 e. The van der Waals surface area contributed by atoms with E-state index in [0.717, 1.165) is 21.6 Å². The van der Waals surface area contributed by atoms with Gasteiger partial charge in [0.1, 0.15) is 17.1 Å². The molecule has 3 aromatic rings. The second-order valence-electron chi connectivity index (χ2n) is 7.76. The van der Waals surface area contributed by atoms with Crippen LogP contribution >= 0.6 is 0 Å². The molecule has 0 bridgehead atoms. The molecule has 33 heavy (non-hydrogen) atoms. The van der Waals surface area contributed by atoms with Crippen molar-refractivity contribution in [1.82, 2.24) is 5.32 Å². The molecule has 1 aromatic heterocycles. The molecule has 0 atom stereocenters. The number of carbonyl (C=O) groups is 4. The largest absolute Gasteiger partial charge is 0.478 e. The van der Waals surface area contributed by atoms with Crippen LogP contribution in [-0.2, 0) is 9.59 Å². The summed E-state index contributed by atoms with van der Waals surface area (Å²) in [6, 6.07) is 12.1. The number of furan rings is 1. The number of amides is 4. The first kappa shape index (κ1) is 21.8. The second-order valence-corrected chi connectivity index (χ2v) is 7.76. The fourth-order valence-electron chi connectivity index (χ4n) is 3.49. The SMILES string of the molecule is Cc1ccc(N2C(=O)NC(=O)/C(=C\c3ccc(-c4cc(C(=O)O)ccc4C)o3)C2=O)cc1C. The van der Waals surface area contributed by atoms with E-state index in [1.807, 2.05) is 20.8 Å². The number of anilines is 1. The molecular formula is C25H20N2O6. The highest BCUT2D eigenvalue weighted by atomic mass is 16.4. The molecule has 4 amide bonds. The van der Waals surface area contributed by atoms with Gasteiger partial charge >= 0.3 is 12.0 Å². The summed E-state index contributed by atoms with van der Waals surface area (Å²) in [7, 11) is 0. The van der Waals surface area contributed by atoms with Crippen LogP contribution in [0.3, 0.4) is 0 Å². The lowest BCUT2D eigenvalue weighted by atomic mass is 10.0. The van der Waals surface area contributed by atoms with Crippen LogP contribution in [0, 0.1) is 20.8 Å². The zero-order valence-corrected chi connectivity index (χ0v) is 18.1. The van der Waals surface area contributed by atoms with E-state index >= 15 is 0 Å². The molecule has 1 aliphatic heterocycles. The van der Waals surface area contributed by atoms with E-state index in [1.54, 1.807) is 36.4 Å². The van der Waals surface area contributed by atoms with E-state index in [1.165, 1.54) is 18.2 Å². The molecule has 0 saturated carbocycles. The molecule has 1 aliphatic rings. The van der Waals surface area contributed by atoms with Gasteiger partial charge in [-0.05, 0) is 79.9 Å². The van der Waals surface area contributed by atoms with Gasteiger partial charge in [0, 0.05) is 5.56 Å². The first-order chi connectivity index (χ1) is 15.7. The predicted molar refractivity (Wildman–Crippen MR) is 121 cm³/mol. The Morgan fingerprint density at radius 3 is 2.36 bits per heavy atom. The van der Waals surface area contributed by atoms with Crippen molar-refractivity contribution in [2.75, 3.05) is 4.90 Å². The van der Waals surface area contributed by atoms with Crippen LogP contribution in [0.5, 0.6) is 0 Å². The summed E-state index contributed by atoms with van der Waals surface area (Å²) in [4.78, 5) is 50.1. The highest BCUT2D eigenvalue weighted by molar-refractivity contribution is 6.39. The van der Waals surface area contributed by atoms with Crippen LogP contribution in [0.1, 0.15) is 32.8 Å². The molecule has 1 fully saturated rings. The van der Waals surface area contributed by atoms with Gasteiger partial charge < -0.3 is 9.52 Å². The second kappa shape index (κ2) is 8.23. The number of hydrogen-bond acceptors (Lipinski definition) is 5. The molecule has 2 N–H and O–H groups in total. The third-order valence-electron chi connectivity index (χ3n) is 5.51. The number of aromatic carboxylic acids is 1. The summed E-state index contributed by atoms with van der Waals surface area (Å²) in [6.45, 7) is 5.58. The average Bonchev–Trinajstić information content (AvgIpc) is 3.22. The molecule has 4 rings (SSSR count). The Labute approximate surface area is 189 Å². The minimum absolute atomic E-state index is 0.108. The maximum absolute atomic E-state index is 13.1. The van der Waals surface area contributed by atoms with Gasteiger partial charge in [0.05, 0.1) is 11.3 Å². The molecule has 166 valence electrons. The van der Waals surface area contributed by atoms with Crippen LogP contribution in [0.25, 0.3) is 17.4 Å². The molecule has 0 radical (unpaired) electrons.